The van der Waals surface area contributed by atoms with Gasteiger partial charge in [-0.25, -0.2) is 15.1 Å². The summed E-state index contributed by atoms with van der Waals surface area (Å²) in [6.45, 7) is 9.55. The van der Waals surface area contributed by atoms with E-state index >= 15 is 0 Å². The van der Waals surface area contributed by atoms with Crippen molar-refractivity contribution >= 4 is 18.5 Å². The molecular weight excluding hydrogens is 428 g/mol. The second-order valence-corrected chi connectivity index (χ2v) is 9.03. The van der Waals surface area contributed by atoms with E-state index in [1.54, 1.807) is 9.96 Å². The van der Waals surface area contributed by atoms with Gasteiger partial charge in [-0.05, 0) is 52.0 Å². The SMILES string of the molecule is CC(C)(C)OC(=O)N1CCCC1.O=C1N2CCCC(C2)N1OCc1ccccc1.O=CNO. The van der Waals surface area contributed by atoms with Crippen LogP contribution in [0.4, 0.5) is 9.59 Å². The van der Waals surface area contributed by atoms with Crippen LogP contribution in [0.5, 0.6) is 0 Å². The van der Waals surface area contributed by atoms with Crippen LogP contribution in [0, 0.1) is 0 Å². The highest BCUT2D eigenvalue weighted by atomic mass is 16.7. The maximum absolute atomic E-state index is 11.9. The number of ether oxygens (including phenoxy) is 1. The first-order valence-corrected chi connectivity index (χ1v) is 11.3. The molecule has 10 heteroatoms. The van der Waals surface area contributed by atoms with E-state index in [9.17, 15) is 9.59 Å². The lowest BCUT2D eigenvalue weighted by molar-refractivity contribution is -0.140. The first-order valence-electron chi connectivity index (χ1n) is 11.3. The summed E-state index contributed by atoms with van der Waals surface area (Å²) in [6.07, 6.45) is 4.37. The van der Waals surface area contributed by atoms with Crippen LogP contribution >= 0.6 is 0 Å². The fourth-order valence-electron chi connectivity index (χ4n) is 3.72. The van der Waals surface area contributed by atoms with Crippen LogP contribution in [-0.4, -0.2) is 76.4 Å². The third kappa shape index (κ3) is 8.89. The molecule has 10 nitrogen and oxygen atoms in total. The molecule has 4 amide bonds. The summed E-state index contributed by atoms with van der Waals surface area (Å²) < 4.78 is 5.21. The number of carbonyl (C=O) groups excluding carboxylic acids is 3. The molecule has 4 rings (SSSR count). The van der Waals surface area contributed by atoms with E-state index in [4.69, 9.17) is 19.6 Å². The van der Waals surface area contributed by atoms with Crippen LogP contribution in [0.25, 0.3) is 0 Å². The van der Waals surface area contributed by atoms with Crippen molar-refractivity contribution in [2.45, 2.75) is 64.7 Å². The number of hydrogen-bond donors (Lipinski definition) is 2. The lowest BCUT2D eigenvalue weighted by Gasteiger charge is -2.23. The molecule has 33 heavy (non-hydrogen) atoms. The number of fused-ring (bicyclic) bond motifs is 2. The molecule has 2 bridgehead atoms. The first-order chi connectivity index (χ1) is 15.7. The molecule has 3 heterocycles. The highest BCUT2D eigenvalue weighted by Crippen LogP contribution is 2.26. The minimum absolute atomic E-state index is 0.0310. The van der Waals surface area contributed by atoms with Gasteiger partial charge in [-0.2, -0.15) is 5.06 Å². The number of amides is 4. The highest BCUT2D eigenvalue weighted by Gasteiger charge is 2.40. The summed E-state index contributed by atoms with van der Waals surface area (Å²) >= 11 is 0. The average molecular weight is 465 g/mol. The summed E-state index contributed by atoms with van der Waals surface area (Å²) in [4.78, 5) is 41.4. The van der Waals surface area contributed by atoms with E-state index in [-0.39, 0.29) is 30.2 Å². The number of hydroxylamine groups is 3. The lowest BCUT2D eigenvalue weighted by atomic mass is 10.1. The summed E-state index contributed by atoms with van der Waals surface area (Å²) in [5.41, 5.74) is 1.98. The molecule has 3 aliphatic heterocycles. The number of hydrogen-bond acceptors (Lipinski definition) is 6. The monoisotopic (exact) mass is 464 g/mol. The molecule has 2 N–H and O–H groups in total. The summed E-state index contributed by atoms with van der Waals surface area (Å²) in [6, 6.07) is 10.2. The van der Waals surface area contributed by atoms with Crippen LogP contribution in [0.2, 0.25) is 0 Å². The summed E-state index contributed by atoms with van der Waals surface area (Å²) in [5, 5.41) is 8.83. The van der Waals surface area contributed by atoms with E-state index in [1.807, 2.05) is 56.0 Å². The quantitative estimate of drug-likeness (QED) is 0.402. The van der Waals surface area contributed by atoms with Crippen molar-refractivity contribution in [3.8, 4) is 0 Å². The van der Waals surface area contributed by atoms with Crippen molar-refractivity contribution in [3.63, 3.8) is 0 Å². The molecule has 0 spiro atoms. The third-order valence-electron chi connectivity index (χ3n) is 5.21. The molecule has 3 aliphatic rings. The fraction of sp³-hybridized carbons (Fsp3) is 0.609. The van der Waals surface area contributed by atoms with E-state index in [1.165, 1.54) is 5.48 Å². The van der Waals surface area contributed by atoms with Gasteiger partial charge in [0.1, 0.15) is 12.2 Å². The minimum atomic E-state index is -0.361. The Hall–Kier alpha value is -2.85. The normalized spacial score (nSPS) is 19.2. The van der Waals surface area contributed by atoms with Crippen molar-refractivity contribution in [2.24, 2.45) is 0 Å². The van der Waals surface area contributed by atoms with Crippen molar-refractivity contribution in [1.29, 1.82) is 0 Å². The standard InChI is InChI=1S/C13H16N2O2.C9H17NO2.CH3NO2/c16-13-14-8-4-7-12(9-14)15(13)17-10-11-5-2-1-3-6-11;1-9(2,3)12-8(11)10-6-4-5-7-10;3-1-2-4/h1-3,5-6,12H,4,7-10H2;4-7H2,1-3H3;1,4H,(H,2,3). The third-order valence-corrected chi connectivity index (χ3v) is 5.21. The number of rotatable bonds is 4. The number of benzene rings is 1. The van der Waals surface area contributed by atoms with E-state index < -0.39 is 0 Å². The molecule has 0 saturated carbocycles. The van der Waals surface area contributed by atoms with Crippen molar-refractivity contribution < 1.29 is 29.2 Å². The fourth-order valence-corrected chi connectivity index (χ4v) is 3.72. The lowest BCUT2D eigenvalue weighted by Crippen LogP contribution is -2.34. The molecule has 0 aliphatic carbocycles. The van der Waals surface area contributed by atoms with Gasteiger partial charge < -0.3 is 14.5 Å². The molecule has 3 fully saturated rings. The molecule has 3 saturated heterocycles. The Kier molecular flexibility index (Phi) is 10.4. The van der Waals surface area contributed by atoms with Crippen LogP contribution in [-0.2, 0) is 21.0 Å². The van der Waals surface area contributed by atoms with Gasteiger partial charge in [0.05, 0.1) is 6.04 Å². The van der Waals surface area contributed by atoms with Gasteiger partial charge in [0, 0.05) is 26.2 Å². The van der Waals surface area contributed by atoms with Gasteiger partial charge in [0.2, 0.25) is 6.41 Å². The number of carbonyl (C=O) groups is 3. The van der Waals surface area contributed by atoms with Crippen LogP contribution in [0.15, 0.2) is 30.3 Å². The Morgan fingerprint density at radius 2 is 1.79 bits per heavy atom. The van der Waals surface area contributed by atoms with Gasteiger partial charge >= 0.3 is 12.1 Å². The van der Waals surface area contributed by atoms with Crippen molar-refractivity contribution in [1.82, 2.24) is 20.3 Å². The molecule has 1 atom stereocenters. The number of likely N-dealkylation sites (tertiary alicyclic amines) is 1. The molecule has 0 aromatic heterocycles. The highest BCUT2D eigenvalue weighted by molar-refractivity contribution is 5.76. The molecule has 1 aromatic rings. The van der Waals surface area contributed by atoms with Gasteiger partial charge in [-0.1, -0.05) is 30.3 Å². The second-order valence-electron chi connectivity index (χ2n) is 9.03. The Bertz CT molecular complexity index is 749. The smallest absolute Gasteiger partial charge is 0.410 e. The average Bonchev–Trinajstić information content (AvgIpc) is 3.41. The Morgan fingerprint density at radius 3 is 2.33 bits per heavy atom. The van der Waals surface area contributed by atoms with Gasteiger partial charge in [-0.15, -0.1) is 0 Å². The van der Waals surface area contributed by atoms with E-state index in [0.717, 1.165) is 57.4 Å². The van der Waals surface area contributed by atoms with Crippen LogP contribution < -0.4 is 5.48 Å². The zero-order chi connectivity index (χ0) is 24.3. The largest absolute Gasteiger partial charge is 0.444 e. The molecular formula is C23H36N4O6. The Balaban J connectivity index is 0.000000211. The minimum Gasteiger partial charge on any atom is -0.444 e. The topological polar surface area (TPSA) is 112 Å². The van der Waals surface area contributed by atoms with E-state index in [2.05, 4.69) is 0 Å². The van der Waals surface area contributed by atoms with Crippen LogP contribution in [0.1, 0.15) is 52.0 Å². The predicted octanol–water partition coefficient (Wildman–Crippen LogP) is 3.16. The van der Waals surface area contributed by atoms with Crippen molar-refractivity contribution in [2.75, 3.05) is 26.2 Å². The molecule has 1 unspecified atom stereocenters. The molecule has 0 radical (unpaired) electrons. The molecule has 184 valence electrons. The summed E-state index contributed by atoms with van der Waals surface area (Å²) in [5.74, 6) is 0. The second kappa shape index (κ2) is 13.0. The first kappa shape index (κ1) is 26.4. The number of nitrogens with one attached hydrogen (secondary N) is 1. The number of urea groups is 1. The van der Waals surface area contributed by atoms with E-state index in [0.29, 0.717) is 6.61 Å². The van der Waals surface area contributed by atoms with Gasteiger partial charge in [-0.3, -0.25) is 14.8 Å². The summed E-state index contributed by atoms with van der Waals surface area (Å²) in [7, 11) is 0. The maximum Gasteiger partial charge on any atom is 0.410 e. The Labute approximate surface area is 195 Å². The molecule has 1 aromatic carbocycles. The number of piperidine rings is 1. The predicted molar refractivity (Wildman–Crippen MR) is 121 cm³/mol. The zero-order valence-corrected chi connectivity index (χ0v) is 19.7. The zero-order valence-electron chi connectivity index (χ0n) is 19.7. The van der Waals surface area contributed by atoms with Crippen LogP contribution in [0.3, 0.4) is 0 Å². The number of nitrogens with zero attached hydrogens (tertiary/aromatic N) is 3. The van der Waals surface area contributed by atoms with Crippen molar-refractivity contribution in [3.05, 3.63) is 35.9 Å². The van der Waals surface area contributed by atoms with Gasteiger partial charge in [0.25, 0.3) is 0 Å². The van der Waals surface area contributed by atoms with Gasteiger partial charge in [0.15, 0.2) is 0 Å². The maximum atomic E-state index is 11.9. The Morgan fingerprint density at radius 1 is 1.15 bits per heavy atom.